The lowest BCUT2D eigenvalue weighted by Crippen LogP contribution is -2.11. The van der Waals surface area contributed by atoms with Gasteiger partial charge in [0.2, 0.25) is 0 Å². The van der Waals surface area contributed by atoms with Crippen LogP contribution in [0.25, 0.3) is 0 Å². The number of fused-ring (bicyclic) bond motifs is 1. The number of aryl methyl sites for hydroxylation is 3. The minimum atomic E-state index is 0.261. The second-order valence-corrected chi connectivity index (χ2v) is 5.52. The number of nitrogens with one attached hydrogen (secondary N) is 1. The number of H-pyrrole nitrogens is 1. The fourth-order valence-corrected chi connectivity index (χ4v) is 2.78. The Morgan fingerprint density at radius 3 is 3.05 bits per heavy atom. The molecule has 0 saturated carbocycles. The monoisotopic (exact) mass is 284 g/mol. The first-order chi connectivity index (χ1) is 10.2. The number of ketones is 1. The lowest BCUT2D eigenvalue weighted by atomic mass is 9.90. The lowest BCUT2D eigenvalue weighted by Gasteiger charge is -2.15. The number of aromatic nitrogens is 2. The largest absolute Gasteiger partial charge is 0.494 e. The Balaban J connectivity index is 1.54. The zero-order chi connectivity index (χ0) is 14.7. The van der Waals surface area contributed by atoms with Crippen molar-refractivity contribution in [3.8, 4) is 5.75 Å². The van der Waals surface area contributed by atoms with Crippen molar-refractivity contribution in [2.75, 3.05) is 6.61 Å². The fourth-order valence-electron chi connectivity index (χ4n) is 2.78. The minimum Gasteiger partial charge on any atom is -0.494 e. The quantitative estimate of drug-likeness (QED) is 0.857. The summed E-state index contributed by atoms with van der Waals surface area (Å²) >= 11 is 0. The van der Waals surface area contributed by atoms with Gasteiger partial charge in [0, 0.05) is 17.7 Å². The standard InChI is InChI=1S/C17H20N2O2/c1-12-16(19-11-18-12)5-3-9-21-14-7-8-15-13(10-14)4-2-6-17(15)20/h7-8,10-11H,2-6,9H2,1H3,(H,18,19). The van der Waals surface area contributed by atoms with Crippen molar-refractivity contribution < 1.29 is 9.53 Å². The van der Waals surface area contributed by atoms with Gasteiger partial charge in [-0.05, 0) is 56.4 Å². The Labute approximate surface area is 124 Å². The molecule has 0 radical (unpaired) electrons. The summed E-state index contributed by atoms with van der Waals surface area (Å²) in [6, 6.07) is 5.83. The number of ether oxygens (including phenoxy) is 1. The van der Waals surface area contributed by atoms with Crippen molar-refractivity contribution in [3.63, 3.8) is 0 Å². The van der Waals surface area contributed by atoms with Crippen LogP contribution in [0, 0.1) is 6.92 Å². The van der Waals surface area contributed by atoms with Gasteiger partial charge in [0.1, 0.15) is 5.75 Å². The van der Waals surface area contributed by atoms with E-state index in [1.165, 1.54) is 0 Å². The number of hydrogen-bond donors (Lipinski definition) is 1. The molecule has 1 N–H and O–H groups in total. The van der Waals surface area contributed by atoms with Crippen molar-refractivity contribution in [1.82, 2.24) is 9.97 Å². The number of carbonyl (C=O) groups is 1. The number of aromatic amines is 1. The van der Waals surface area contributed by atoms with E-state index < -0.39 is 0 Å². The van der Waals surface area contributed by atoms with Crippen LogP contribution in [0.15, 0.2) is 24.5 Å². The first-order valence-corrected chi connectivity index (χ1v) is 7.52. The first-order valence-electron chi connectivity index (χ1n) is 7.52. The van der Waals surface area contributed by atoms with Crippen molar-refractivity contribution in [3.05, 3.63) is 47.0 Å². The van der Waals surface area contributed by atoms with Crippen LogP contribution < -0.4 is 4.74 Å². The number of carbonyl (C=O) groups excluding carboxylic acids is 1. The summed E-state index contributed by atoms with van der Waals surface area (Å²) in [6.07, 6.45) is 6.18. The zero-order valence-electron chi connectivity index (χ0n) is 12.3. The van der Waals surface area contributed by atoms with Gasteiger partial charge >= 0.3 is 0 Å². The minimum absolute atomic E-state index is 0.261. The third-order valence-electron chi connectivity index (χ3n) is 3.99. The highest BCUT2D eigenvalue weighted by atomic mass is 16.5. The number of nitrogens with zero attached hydrogens (tertiary/aromatic N) is 1. The van der Waals surface area contributed by atoms with E-state index in [1.54, 1.807) is 6.33 Å². The zero-order valence-corrected chi connectivity index (χ0v) is 12.3. The van der Waals surface area contributed by atoms with E-state index in [9.17, 15) is 4.79 Å². The summed E-state index contributed by atoms with van der Waals surface area (Å²) in [4.78, 5) is 19.1. The Kier molecular flexibility index (Phi) is 4.04. The second-order valence-electron chi connectivity index (χ2n) is 5.52. The molecule has 110 valence electrons. The van der Waals surface area contributed by atoms with Crippen LogP contribution in [-0.2, 0) is 12.8 Å². The third kappa shape index (κ3) is 3.15. The molecule has 3 rings (SSSR count). The summed E-state index contributed by atoms with van der Waals surface area (Å²) in [5.74, 6) is 1.12. The molecule has 0 spiro atoms. The first kappa shape index (κ1) is 13.9. The number of rotatable bonds is 5. The second kappa shape index (κ2) is 6.12. The van der Waals surface area contributed by atoms with Gasteiger partial charge in [-0.2, -0.15) is 0 Å². The highest BCUT2D eigenvalue weighted by Crippen LogP contribution is 2.25. The molecule has 0 bridgehead atoms. The Hall–Kier alpha value is -2.10. The molecule has 4 nitrogen and oxygen atoms in total. The van der Waals surface area contributed by atoms with E-state index in [0.717, 1.165) is 53.9 Å². The van der Waals surface area contributed by atoms with Gasteiger partial charge in [0.25, 0.3) is 0 Å². The van der Waals surface area contributed by atoms with Gasteiger partial charge < -0.3 is 9.72 Å². The molecular formula is C17H20N2O2. The van der Waals surface area contributed by atoms with Gasteiger partial charge in [-0.1, -0.05) is 0 Å². The normalized spacial score (nSPS) is 14.0. The van der Waals surface area contributed by atoms with Crippen molar-refractivity contribution in [1.29, 1.82) is 0 Å². The molecule has 0 unspecified atom stereocenters. The molecule has 1 aliphatic rings. The van der Waals surface area contributed by atoms with Gasteiger partial charge in [-0.25, -0.2) is 4.98 Å². The van der Waals surface area contributed by atoms with E-state index in [-0.39, 0.29) is 5.78 Å². The van der Waals surface area contributed by atoms with Crippen LogP contribution in [-0.4, -0.2) is 22.4 Å². The van der Waals surface area contributed by atoms with Crippen LogP contribution in [0.5, 0.6) is 5.75 Å². The Bertz CT molecular complexity index is 646. The maximum absolute atomic E-state index is 11.8. The average molecular weight is 284 g/mol. The fraction of sp³-hybridized carbons (Fsp3) is 0.412. The highest BCUT2D eigenvalue weighted by Gasteiger charge is 2.17. The summed E-state index contributed by atoms with van der Waals surface area (Å²) in [6.45, 7) is 2.70. The summed E-state index contributed by atoms with van der Waals surface area (Å²) in [5, 5.41) is 0. The predicted molar refractivity (Wildman–Crippen MR) is 80.9 cm³/mol. The molecule has 1 heterocycles. The summed E-state index contributed by atoms with van der Waals surface area (Å²) in [5.41, 5.74) is 4.24. The van der Waals surface area contributed by atoms with Crippen LogP contribution in [0.3, 0.4) is 0 Å². The SMILES string of the molecule is Cc1[nH]cnc1CCCOc1ccc2c(c1)CCCC2=O. The molecule has 1 aliphatic carbocycles. The third-order valence-corrected chi connectivity index (χ3v) is 3.99. The van der Waals surface area contributed by atoms with Crippen LogP contribution in [0.1, 0.15) is 46.6 Å². The molecule has 0 fully saturated rings. The van der Waals surface area contributed by atoms with Crippen LogP contribution in [0.2, 0.25) is 0 Å². The molecule has 2 aromatic rings. The molecule has 0 amide bonds. The topological polar surface area (TPSA) is 55.0 Å². The van der Waals surface area contributed by atoms with Crippen molar-refractivity contribution in [2.45, 2.75) is 39.0 Å². The molecule has 1 aromatic carbocycles. The molecule has 1 aromatic heterocycles. The van der Waals surface area contributed by atoms with Gasteiger partial charge in [0.15, 0.2) is 5.78 Å². The van der Waals surface area contributed by atoms with Crippen LogP contribution >= 0.6 is 0 Å². The molecule has 21 heavy (non-hydrogen) atoms. The Morgan fingerprint density at radius 2 is 2.24 bits per heavy atom. The molecule has 0 saturated heterocycles. The van der Waals surface area contributed by atoms with Gasteiger partial charge in [0.05, 0.1) is 18.6 Å². The predicted octanol–water partition coefficient (Wildman–Crippen LogP) is 3.25. The molecule has 4 heteroatoms. The van der Waals surface area contributed by atoms with Gasteiger partial charge in [-0.3, -0.25) is 4.79 Å². The smallest absolute Gasteiger partial charge is 0.163 e. The molecule has 0 aliphatic heterocycles. The highest BCUT2D eigenvalue weighted by molar-refractivity contribution is 5.98. The van der Waals surface area contributed by atoms with E-state index in [2.05, 4.69) is 9.97 Å². The van der Waals surface area contributed by atoms with Crippen molar-refractivity contribution in [2.24, 2.45) is 0 Å². The number of benzene rings is 1. The number of Topliss-reactive ketones (excluding diaryl/α,β-unsaturated/α-hetero) is 1. The van der Waals surface area contributed by atoms with E-state index in [4.69, 9.17) is 4.74 Å². The van der Waals surface area contributed by atoms with Crippen molar-refractivity contribution >= 4 is 5.78 Å². The Morgan fingerprint density at radius 1 is 1.33 bits per heavy atom. The van der Waals surface area contributed by atoms with E-state index >= 15 is 0 Å². The lowest BCUT2D eigenvalue weighted by molar-refractivity contribution is 0.0972. The van der Waals surface area contributed by atoms with E-state index in [0.29, 0.717) is 13.0 Å². The molecule has 0 atom stereocenters. The van der Waals surface area contributed by atoms with Gasteiger partial charge in [-0.15, -0.1) is 0 Å². The summed E-state index contributed by atoms with van der Waals surface area (Å²) < 4.78 is 5.80. The number of hydrogen-bond acceptors (Lipinski definition) is 3. The number of imidazole rings is 1. The summed E-state index contributed by atoms with van der Waals surface area (Å²) in [7, 11) is 0. The molecular weight excluding hydrogens is 264 g/mol. The van der Waals surface area contributed by atoms with E-state index in [1.807, 2.05) is 25.1 Å². The maximum atomic E-state index is 11.8. The van der Waals surface area contributed by atoms with Crippen LogP contribution in [0.4, 0.5) is 0 Å². The maximum Gasteiger partial charge on any atom is 0.163 e. The average Bonchev–Trinajstić information content (AvgIpc) is 2.89.